The van der Waals surface area contributed by atoms with Crippen LogP contribution in [0.4, 0.5) is 0 Å². The Kier molecular flexibility index (Phi) is 3.58. The molecule has 0 saturated heterocycles. The van der Waals surface area contributed by atoms with Crippen LogP contribution in [0.2, 0.25) is 5.02 Å². The van der Waals surface area contributed by atoms with Gasteiger partial charge in [0.2, 0.25) is 11.5 Å². The Bertz CT molecular complexity index is 1330. The molecule has 27 heavy (non-hydrogen) atoms. The van der Waals surface area contributed by atoms with Gasteiger partial charge in [0.25, 0.3) is 5.56 Å². The van der Waals surface area contributed by atoms with Crippen molar-refractivity contribution >= 4 is 33.7 Å². The van der Waals surface area contributed by atoms with Gasteiger partial charge in [-0.1, -0.05) is 23.7 Å². The van der Waals surface area contributed by atoms with Crippen LogP contribution in [0.15, 0.2) is 74.7 Å². The van der Waals surface area contributed by atoms with E-state index in [0.717, 1.165) is 10.9 Å². The van der Waals surface area contributed by atoms with Gasteiger partial charge in [0, 0.05) is 16.0 Å². The number of nitrogens with zero attached hydrogens (tertiary/aromatic N) is 3. The van der Waals surface area contributed by atoms with Gasteiger partial charge in [-0.2, -0.15) is 0 Å². The van der Waals surface area contributed by atoms with E-state index >= 15 is 0 Å². The van der Waals surface area contributed by atoms with E-state index in [2.05, 4.69) is 9.97 Å². The molecule has 7 heteroatoms. The molecule has 0 amide bonds. The summed E-state index contributed by atoms with van der Waals surface area (Å²) in [4.78, 5) is 21.4. The minimum absolute atomic E-state index is 0.159. The van der Waals surface area contributed by atoms with Crippen LogP contribution in [0.25, 0.3) is 33.4 Å². The first-order valence-electron chi connectivity index (χ1n) is 8.26. The van der Waals surface area contributed by atoms with Gasteiger partial charge in [-0.15, -0.1) is 0 Å². The number of benzene rings is 2. The Hall–Kier alpha value is -3.38. The molecule has 0 radical (unpaired) electrons. The molecule has 0 fully saturated rings. The van der Waals surface area contributed by atoms with E-state index in [1.165, 1.54) is 10.9 Å². The second-order valence-electron chi connectivity index (χ2n) is 6.08. The van der Waals surface area contributed by atoms with Crippen LogP contribution in [-0.4, -0.2) is 14.5 Å². The Morgan fingerprint density at radius 1 is 1.00 bits per heavy atom. The molecular formula is C20H12ClN3O3. The fourth-order valence-electron chi connectivity index (χ4n) is 3.00. The summed E-state index contributed by atoms with van der Waals surface area (Å²) in [6.07, 6.45) is 3.11. The smallest absolute Gasteiger partial charge is 0.297 e. The van der Waals surface area contributed by atoms with Crippen LogP contribution in [0, 0.1) is 0 Å². The van der Waals surface area contributed by atoms with Gasteiger partial charge in [-0.3, -0.25) is 9.36 Å². The zero-order valence-electron chi connectivity index (χ0n) is 13.9. The van der Waals surface area contributed by atoms with Crippen LogP contribution in [0.3, 0.4) is 0 Å². The highest BCUT2D eigenvalue weighted by Crippen LogP contribution is 2.25. The second-order valence-corrected chi connectivity index (χ2v) is 6.52. The van der Waals surface area contributed by atoms with Crippen molar-refractivity contribution in [3.05, 3.63) is 82.3 Å². The SMILES string of the molecule is O=c1c2oc3ccccc3c2ncn1Cc1ncc(-c2ccc(Cl)cc2)o1. The summed E-state index contributed by atoms with van der Waals surface area (Å²) in [5.41, 5.74) is 2.00. The molecule has 0 spiro atoms. The van der Waals surface area contributed by atoms with Gasteiger partial charge in [-0.25, -0.2) is 9.97 Å². The number of hydrogen-bond donors (Lipinski definition) is 0. The van der Waals surface area contributed by atoms with Crippen molar-refractivity contribution in [2.75, 3.05) is 0 Å². The Labute approximate surface area is 157 Å². The molecule has 5 rings (SSSR count). The lowest BCUT2D eigenvalue weighted by Gasteiger charge is -2.01. The maximum Gasteiger partial charge on any atom is 0.297 e. The minimum Gasteiger partial charge on any atom is -0.448 e. The standard InChI is InChI=1S/C20H12ClN3O3/c21-13-7-5-12(6-8-13)16-9-22-17(26-16)10-24-11-23-18-14-3-1-2-4-15(14)27-19(18)20(24)25/h1-9,11H,10H2. The lowest BCUT2D eigenvalue weighted by molar-refractivity contribution is 0.482. The molecule has 132 valence electrons. The summed E-state index contributed by atoms with van der Waals surface area (Å²) in [6.45, 7) is 0.159. The number of furan rings is 1. The number of rotatable bonds is 3. The van der Waals surface area contributed by atoms with Crippen LogP contribution in [-0.2, 0) is 6.54 Å². The molecule has 3 aromatic heterocycles. The molecule has 0 aliphatic rings. The van der Waals surface area contributed by atoms with Gasteiger partial charge in [0.1, 0.15) is 17.6 Å². The molecule has 0 saturated carbocycles. The lowest BCUT2D eigenvalue weighted by Crippen LogP contribution is -2.20. The van der Waals surface area contributed by atoms with Crippen molar-refractivity contribution in [3.63, 3.8) is 0 Å². The first-order chi connectivity index (χ1) is 13.2. The summed E-state index contributed by atoms with van der Waals surface area (Å²) in [5, 5.41) is 1.47. The quantitative estimate of drug-likeness (QED) is 0.463. The summed E-state index contributed by atoms with van der Waals surface area (Å²) < 4.78 is 12.9. The fraction of sp³-hybridized carbons (Fsp3) is 0.0500. The molecule has 0 aliphatic heterocycles. The third-order valence-electron chi connectivity index (χ3n) is 4.34. The van der Waals surface area contributed by atoms with Crippen LogP contribution in [0.1, 0.15) is 5.89 Å². The summed E-state index contributed by atoms with van der Waals surface area (Å²) in [7, 11) is 0. The van der Waals surface area contributed by atoms with Crippen molar-refractivity contribution in [2.45, 2.75) is 6.54 Å². The van der Waals surface area contributed by atoms with E-state index in [9.17, 15) is 4.79 Å². The van der Waals surface area contributed by atoms with Gasteiger partial charge < -0.3 is 8.83 Å². The maximum absolute atomic E-state index is 12.8. The zero-order chi connectivity index (χ0) is 18.4. The third kappa shape index (κ3) is 2.71. The number of hydrogen-bond acceptors (Lipinski definition) is 5. The average Bonchev–Trinajstić information content (AvgIpc) is 3.30. The molecule has 0 bridgehead atoms. The first kappa shape index (κ1) is 15.8. The number of aromatic nitrogens is 3. The third-order valence-corrected chi connectivity index (χ3v) is 4.59. The number of fused-ring (bicyclic) bond motifs is 3. The Morgan fingerprint density at radius 2 is 1.81 bits per heavy atom. The topological polar surface area (TPSA) is 74.1 Å². The molecule has 6 nitrogen and oxygen atoms in total. The average molecular weight is 378 g/mol. The number of halogens is 1. The summed E-state index contributed by atoms with van der Waals surface area (Å²) in [5.74, 6) is 1.01. The summed E-state index contributed by atoms with van der Waals surface area (Å²) >= 11 is 5.91. The van der Waals surface area contributed by atoms with Crippen molar-refractivity contribution < 1.29 is 8.83 Å². The van der Waals surface area contributed by atoms with Crippen LogP contribution < -0.4 is 5.56 Å². The van der Waals surface area contributed by atoms with E-state index in [0.29, 0.717) is 27.8 Å². The van der Waals surface area contributed by atoms with E-state index in [-0.39, 0.29) is 17.7 Å². The van der Waals surface area contributed by atoms with E-state index in [1.807, 2.05) is 36.4 Å². The molecule has 0 N–H and O–H groups in total. The monoisotopic (exact) mass is 377 g/mol. The predicted octanol–water partition coefficient (Wildman–Crippen LogP) is 4.50. The largest absolute Gasteiger partial charge is 0.448 e. The molecule has 0 unspecified atom stereocenters. The van der Waals surface area contributed by atoms with Crippen molar-refractivity contribution in [2.24, 2.45) is 0 Å². The normalized spacial score (nSPS) is 11.4. The molecule has 5 aromatic rings. The number of oxazole rings is 1. The Morgan fingerprint density at radius 3 is 2.67 bits per heavy atom. The zero-order valence-corrected chi connectivity index (χ0v) is 14.7. The van der Waals surface area contributed by atoms with Gasteiger partial charge >= 0.3 is 0 Å². The highest BCUT2D eigenvalue weighted by Gasteiger charge is 2.14. The number of para-hydroxylation sites is 1. The van der Waals surface area contributed by atoms with E-state index in [4.69, 9.17) is 20.4 Å². The van der Waals surface area contributed by atoms with Gasteiger partial charge in [-0.05, 0) is 36.4 Å². The van der Waals surface area contributed by atoms with Gasteiger partial charge in [0.05, 0.1) is 12.5 Å². The summed E-state index contributed by atoms with van der Waals surface area (Å²) in [6, 6.07) is 14.7. The second kappa shape index (κ2) is 6.10. The fourth-order valence-corrected chi connectivity index (χ4v) is 3.13. The Balaban J connectivity index is 1.51. The van der Waals surface area contributed by atoms with Crippen LogP contribution in [0.5, 0.6) is 0 Å². The molecule has 3 heterocycles. The minimum atomic E-state index is -0.276. The van der Waals surface area contributed by atoms with Crippen molar-refractivity contribution in [1.82, 2.24) is 14.5 Å². The predicted molar refractivity (Wildman–Crippen MR) is 102 cm³/mol. The lowest BCUT2D eigenvalue weighted by atomic mass is 10.2. The first-order valence-corrected chi connectivity index (χ1v) is 8.64. The molecule has 0 aliphatic carbocycles. The van der Waals surface area contributed by atoms with E-state index in [1.54, 1.807) is 18.3 Å². The van der Waals surface area contributed by atoms with Crippen molar-refractivity contribution in [3.8, 4) is 11.3 Å². The molecular weight excluding hydrogens is 366 g/mol. The highest BCUT2D eigenvalue weighted by molar-refractivity contribution is 6.30. The highest BCUT2D eigenvalue weighted by atomic mass is 35.5. The van der Waals surface area contributed by atoms with E-state index < -0.39 is 0 Å². The molecule has 2 aromatic carbocycles. The van der Waals surface area contributed by atoms with Gasteiger partial charge in [0.15, 0.2) is 5.76 Å². The van der Waals surface area contributed by atoms with Crippen molar-refractivity contribution in [1.29, 1.82) is 0 Å². The van der Waals surface area contributed by atoms with Crippen LogP contribution >= 0.6 is 11.6 Å². The maximum atomic E-state index is 12.8. The molecule has 0 atom stereocenters.